The van der Waals surface area contributed by atoms with E-state index in [-0.39, 0.29) is 5.41 Å². The van der Waals surface area contributed by atoms with Gasteiger partial charge in [0.05, 0.1) is 10.5 Å². The van der Waals surface area contributed by atoms with Crippen LogP contribution in [0.15, 0.2) is 23.6 Å². The molecule has 0 atom stereocenters. The summed E-state index contributed by atoms with van der Waals surface area (Å²) < 4.78 is 0. The summed E-state index contributed by atoms with van der Waals surface area (Å²) in [5.74, 6) is 0.584. The number of rotatable bonds is 1. The maximum absolute atomic E-state index is 6.37. The number of fused-ring (bicyclic) bond motifs is 1. The minimum Gasteiger partial charge on any atom is -0.238 e. The van der Waals surface area contributed by atoms with Gasteiger partial charge in [-0.1, -0.05) is 38.4 Å². The van der Waals surface area contributed by atoms with E-state index in [9.17, 15) is 0 Å². The Morgan fingerprint density at radius 3 is 2.48 bits per heavy atom. The van der Waals surface area contributed by atoms with Gasteiger partial charge in [0.15, 0.2) is 5.82 Å². The minimum atomic E-state index is 0.0716. The molecular weight excluding hydrogens is 302 g/mol. The van der Waals surface area contributed by atoms with Crippen LogP contribution < -0.4 is 0 Å². The predicted molar refractivity (Wildman–Crippen MR) is 89.1 cm³/mol. The van der Waals surface area contributed by atoms with Gasteiger partial charge in [0, 0.05) is 10.8 Å². The van der Waals surface area contributed by atoms with Gasteiger partial charge in [-0.15, -0.1) is 11.3 Å². The fourth-order valence-electron chi connectivity index (χ4n) is 2.14. The second kappa shape index (κ2) is 5.04. The Labute approximate surface area is 133 Å². The first-order chi connectivity index (χ1) is 9.84. The molecule has 21 heavy (non-hydrogen) atoms. The number of thiazole rings is 1. The molecule has 0 radical (unpaired) electrons. The molecule has 0 saturated carbocycles. The van der Waals surface area contributed by atoms with E-state index in [0.717, 1.165) is 21.6 Å². The largest absolute Gasteiger partial charge is 0.238 e. The quantitative estimate of drug-likeness (QED) is 0.592. The van der Waals surface area contributed by atoms with Gasteiger partial charge in [-0.25, -0.2) is 15.0 Å². The number of hydrogen-bond donors (Lipinski definition) is 0. The summed E-state index contributed by atoms with van der Waals surface area (Å²) in [6.45, 7) is 8.49. The zero-order chi connectivity index (χ0) is 15.2. The van der Waals surface area contributed by atoms with Crippen LogP contribution in [0.2, 0.25) is 5.15 Å². The van der Waals surface area contributed by atoms with Crippen molar-refractivity contribution in [1.82, 2.24) is 15.0 Å². The SMILES string of the molecule is Cc1nc(-c2nc(Cl)c3cc(C(C)(C)C)ccc3n2)cs1. The highest BCUT2D eigenvalue weighted by Crippen LogP contribution is 2.30. The molecule has 0 aliphatic carbocycles. The van der Waals surface area contributed by atoms with Crippen LogP contribution in [0, 0.1) is 6.92 Å². The van der Waals surface area contributed by atoms with Gasteiger partial charge in [-0.2, -0.15) is 0 Å². The average molecular weight is 318 g/mol. The molecule has 0 spiro atoms. The third-order valence-electron chi connectivity index (χ3n) is 3.36. The number of halogens is 1. The molecule has 0 saturated heterocycles. The lowest BCUT2D eigenvalue weighted by atomic mass is 9.86. The van der Waals surface area contributed by atoms with E-state index in [2.05, 4.69) is 47.9 Å². The Bertz CT molecular complexity index is 818. The zero-order valence-corrected chi connectivity index (χ0v) is 14.0. The van der Waals surface area contributed by atoms with Gasteiger partial charge in [0.25, 0.3) is 0 Å². The zero-order valence-electron chi connectivity index (χ0n) is 12.4. The maximum Gasteiger partial charge on any atom is 0.181 e. The third kappa shape index (κ3) is 2.78. The number of aromatic nitrogens is 3. The summed E-state index contributed by atoms with van der Waals surface area (Å²) in [6.07, 6.45) is 0. The van der Waals surface area contributed by atoms with E-state index in [0.29, 0.717) is 11.0 Å². The molecule has 3 aromatic rings. The molecule has 5 heteroatoms. The molecule has 0 N–H and O–H groups in total. The molecule has 2 aromatic heterocycles. The number of aryl methyl sites for hydroxylation is 1. The molecule has 1 aromatic carbocycles. The molecular formula is C16H16ClN3S. The Hall–Kier alpha value is -1.52. The first kappa shape index (κ1) is 14.4. The van der Waals surface area contributed by atoms with E-state index in [1.165, 1.54) is 5.56 Å². The molecule has 0 bridgehead atoms. The van der Waals surface area contributed by atoms with Crippen LogP contribution in [0.25, 0.3) is 22.4 Å². The summed E-state index contributed by atoms with van der Waals surface area (Å²) in [4.78, 5) is 13.4. The van der Waals surface area contributed by atoms with Gasteiger partial charge in [0.1, 0.15) is 10.8 Å². The Balaban J connectivity index is 2.17. The lowest BCUT2D eigenvalue weighted by Crippen LogP contribution is -2.10. The molecule has 0 amide bonds. The Morgan fingerprint density at radius 1 is 1.10 bits per heavy atom. The highest BCUT2D eigenvalue weighted by Gasteiger charge is 2.16. The highest BCUT2D eigenvalue weighted by atomic mass is 35.5. The fourth-order valence-corrected chi connectivity index (χ4v) is 2.96. The van der Waals surface area contributed by atoms with E-state index in [4.69, 9.17) is 11.6 Å². The van der Waals surface area contributed by atoms with Crippen LogP contribution in [0.1, 0.15) is 31.3 Å². The predicted octanol–water partition coefficient (Wildman–Crippen LogP) is 5.01. The van der Waals surface area contributed by atoms with Gasteiger partial charge in [-0.05, 0) is 30.0 Å². The van der Waals surface area contributed by atoms with Crippen LogP contribution in [0.3, 0.4) is 0 Å². The molecule has 108 valence electrons. The minimum absolute atomic E-state index is 0.0716. The van der Waals surface area contributed by atoms with E-state index < -0.39 is 0 Å². The molecule has 0 aliphatic rings. The first-order valence-electron chi connectivity index (χ1n) is 6.75. The van der Waals surface area contributed by atoms with Crippen LogP contribution in [0.4, 0.5) is 0 Å². The number of nitrogens with zero attached hydrogens (tertiary/aromatic N) is 3. The van der Waals surface area contributed by atoms with Gasteiger partial charge in [0.2, 0.25) is 0 Å². The van der Waals surface area contributed by atoms with Crippen molar-refractivity contribution in [2.75, 3.05) is 0 Å². The molecule has 2 heterocycles. The standard InChI is InChI=1S/C16H16ClN3S/c1-9-18-13(8-21-9)15-19-12-6-5-10(16(2,3)4)7-11(12)14(17)20-15/h5-8H,1-4H3. The summed E-state index contributed by atoms with van der Waals surface area (Å²) in [7, 11) is 0. The monoisotopic (exact) mass is 317 g/mol. The second-order valence-electron chi connectivity index (χ2n) is 6.07. The Kier molecular flexibility index (Phi) is 3.46. The van der Waals surface area contributed by atoms with Gasteiger partial charge >= 0.3 is 0 Å². The van der Waals surface area contributed by atoms with Crippen molar-refractivity contribution in [3.63, 3.8) is 0 Å². The lowest BCUT2D eigenvalue weighted by Gasteiger charge is -2.19. The lowest BCUT2D eigenvalue weighted by molar-refractivity contribution is 0.591. The summed E-state index contributed by atoms with van der Waals surface area (Å²) in [5.41, 5.74) is 2.92. The van der Waals surface area contributed by atoms with Crippen molar-refractivity contribution in [1.29, 1.82) is 0 Å². The molecule has 0 fully saturated rings. The van der Waals surface area contributed by atoms with E-state index in [1.807, 2.05) is 18.4 Å². The van der Waals surface area contributed by atoms with Crippen molar-refractivity contribution >= 4 is 33.8 Å². The van der Waals surface area contributed by atoms with Crippen LogP contribution >= 0.6 is 22.9 Å². The summed E-state index contributed by atoms with van der Waals surface area (Å²) >= 11 is 7.95. The summed E-state index contributed by atoms with van der Waals surface area (Å²) in [5, 5.41) is 4.32. The Morgan fingerprint density at radius 2 is 1.86 bits per heavy atom. The average Bonchev–Trinajstić information content (AvgIpc) is 2.84. The molecule has 0 unspecified atom stereocenters. The van der Waals surface area contributed by atoms with E-state index >= 15 is 0 Å². The van der Waals surface area contributed by atoms with Crippen LogP contribution in [-0.4, -0.2) is 15.0 Å². The normalized spacial score (nSPS) is 12.0. The molecule has 3 nitrogen and oxygen atoms in total. The van der Waals surface area contributed by atoms with Crippen LogP contribution in [-0.2, 0) is 5.41 Å². The fraction of sp³-hybridized carbons (Fsp3) is 0.312. The second-order valence-corrected chi connectivity index (χ2v) is 7.49. The van der Waals surface area contributed by atoms with Gasteiger partial charge < -0.3 is 0 Å². The van der Waals surface area contributed by atoms with E-state index in [1.54, 1.807) is 11.3 Å². The smallest absolute Gasteiger partial charge is 0.181 e. The van der Waals surface area contributed by atoms with Crippen molar-refractivity contribution in [3.8, 4) is 11.5 Å². The topological polar surface area (TPSA) is 38.7 Å². The van der Waals surface area contributed by atoms with Crippen molar-refractivity contribution < 1.29 is 0 Å². The van der Waals surface area contributed by atoms with Gasteiger partial charge in [-0.3, -0.25) is 0 Å². The van der Waals surface area contributed by atoms with Crippen LogP contribution in [0.5, 0.6) is 0 Å². The number of hydrogen-bond acceptors (Lipinski definition) is 4. The summed E-state index contributed by atoms with van der Waals surface area (Å²) in [6, 6.07) is 6.18. The first-order valence-corrected chi connectivity index (χ1v) is 8.00. The van der Waals surface area contributed by atoms with Crippen molar-refractivity contribution in [3.05, 3.63) is 39.3 Å². The molecule has 0 aliphatic heterocycles. The number of benzene rings is 1. The highest BCUT2D eigenvalue weighted by molar-refractivity contribution is 7.09. The third-order valence-corrected chi connectivity index (χ3v) is 4.42. The van der Waals surface area contributed by atoms with Crippen molar-refractivity contribution in [2.45, 2.75) is 33.1 Å². The molecule has 3 rings (SSSR count). The maximum atomic E-state index is 6.37. The van der Waals surface area contributed by atoms with Crippen molar-refractivity contribution in [2.24, 2.45) is 0 Å².